The molecule has 1 fully saturated rings. The van der Waals surface area contributed by atoms with Gasteiger partial charge in [0.2, 0.25) is 11.8 Å². The highest BCUT2D eigenvalue weighted by molar-refractivity contribution is 8.00. The minimum absolute atomic E-state index is 0.0386. The van der Waals surface area contributed by atoms with Crippen LogP contribution in [0.4, 0.5) is 14.6 Å². The number of amides is 2. The molecule has 2 aliphatic rings. The Morgan fingerprint density at radius 3 is 2.41 bits per heavy atom. The van der Waals surface area contributed by atoms with Gasteiger partial charge in [0.15, 0.2) is 0 Å². The third-order valence-corrected chi connectivity index (χ3v) is 9.29. The maximum absolute atomic E-state index is 15.4. The number of rotatable bonds is 4. The highest BCUT2D eigenvalue weighted by Gasteiger charge is 2.41. The van der Waals surface area contributed by atoms with E-state index in [0.29, 0.717) is 36.1 Å². The molecule has 9 heteroatoms. The Morgan fingerprint density at radius 2 is 1.78 bits per heavy atom. The minimum Gasteiger partial charge on any atom is -0.341 e. The number of likely N-dealkylation sites (tertiary alicyclic amines) is 1. The van der Waals surface area contributed by atoms with E-state index in [1.807, 2.05) is 51.7 Å². The van der Waals surface area contributed by atoms with Crippen LogP contribution in [0.1, 0.15) is 73.7 Å². The summed E-state index contributed by atoms with van der Waals surface area (Å²) in [7, 11) is 0. The normalized spacial score (nSPS) is 18.4. The van der Waals surface area contributed by atoms with Gasteiger partial charge in [0.1, 0.15) is 24.0 Å². The van der Waals surface area contributed by atoms with Crippen LogP contribution in [-0.4, -0.2) is 51.9 Å². The first kappa shape index (κ1) is 29.3. The summed E-state index contributed by atoms with van der Waals surface area (Å²) in [6.07, 6.45) is 1.86. The summed E-state index contributed by atoms with van der Waals surface area (Å²) < 4.78 is 31.1. The largest absolute Gasteiger partial charge is 0.341 e. The van der Waals surface area contributed by atoms with Crippen molar-refractivity contribution < 1.29 is 18.4 Å². The summed E-state index contributed by atoms with van der Waals surface area (Å²) in [5.41, 5.74) is 4.02. The Morgan fingerprint density at radius 1 is 1.07 bits per heavy atom. The van der Waals surface area contributed by atoms with E-state index in [-0.39, 0.29) is 29.7 Å². The molecule has 3 heterocycles. The van der Waals surface area contributed by atoms with Gasteiger partial charge in [0.25, 0.3) is 0 Å². The smallest absolute Gasteiger partial charge is 0.242 e. The van der Waals surface area contributed by atoms with Crippen molar-refractivity contribution in [1.29, 1.82) is 0 Å². The van der Waals surface area contributed by atoms with Crippen molar-refractivity contribution in [2.24, 2.45) is 5.92 Å². The van der Waals surface area contributed by atoms with E-state index in [0.717, 1.165) is 35.7 Å². The summed E-state index contributed by atoms with van der Waals surface area (Å²) >= 11 is 1.29. The summed E-state index contributed by atoms with van der Waals surface area (Å²) in [5.74, 6) is -0.613. The van der Waals surface area contributed by atoms with Gasteiger partial charge in [-0.1, -0.05) is 51.5 Å². The van der Waals surface area contributed by atoms with Crippen molar-refractivity contribution >= 4 is 29.4 Å². The number of halogens is 2. The van der Waals surface area contributed by atoms with E-state index in [4.69, 9.17) is 5.10 Å². The van der Waals surface area contributed by atoms with Crippen LogP contribution in [0.25, 0.3) is 5.69 Å². The number of carbonyl (C=O) groups excluding carboxylic acids is 2. The van der Waals surface area contributed by atoms with Crippen LogP contribution < -0.4 is 4.90 Å². The molecule has 1 saturated heterocycles. The Balaban J connectivity index is 1.74. The SMILES string of the molecule is Cc1ccc(-n2nc(C(C)(C)C)c3c2N(CC(=O)N2CCC(C)CC2)C(=O)CS[C@H]3c2ccc(F)cc2F)c(C)c1. The molecule has 2 amide bonds. The molecule has 41 heavy (non-hydrogen) atoms. The topological polar surface area (TPSA) is 58.4 Å². The molecule has 0 N–H and O–H groups in total. The van der Waals surface area contributed by atoms with Gasteiger partial charge in [-0.25, -0.2) is 13.5 Å². The predicted molar refractivity (Wildman–Crippen MR) is 160 cm³/mol. The molecule has 0 saturated carbocycles. The Kier molecular flexibility index (Phi) is 8.03. The number of carbonyl (C=O) groups is 2. The van der Waals surface area contributed by atoms with Gasteiger partial charge in [0.05, 0.1) is 22.4 Å². The van der Waals surface area contributed by atoms with E-state index in [1.165, 1.54) is 23.9 Å². The number of aromatic nitrogens is 2. The van der Waals surface area contributed by atoms with Crippen molar-refractivity contribution in [3.05, 3.63) is 76.0 Å². The fourth-order valence-electron chi connectivity index (χ4n) is 5.74. The van der Waals surface area contributed by atoms with E-state index in [2.05, 4.69) is 13.0 Å². The first-order valence-electron chi connectivity index (χ1n) is 14.2. The number of thioether (sulfide) groups is 1. The van der Waals surface area contributed by atoms with Crippen molar-refractivity contribution in [3.63, 3.8) is 0 Å². The molecule has 0 spiro atoms. The van der Waals surface area contributed by atoms with Gasteiger partial charge in [-0.3, -0.25) is 14.5 Å². The second kappa shape index (κ2) is 11.2. The quantitative estimate of drug-likeness (QED) is 0.354. The molecule has 0 bridgehead atoms. The molecule has 6 nitrogen and oxygen atoms in total. The standard InChI is InChI=1S/C32H38F2N4O2S/c1-19-11-13-36(14-12-19)26(39)17-37-27(40)18-41-29(23-9-8-22(33)16-24(23)34)28-30(32(4,5)6)35-38(31(28)37)25-10-7-20(2)15-21(25)3/h7-10,15-16,19,29H,11-14,17-18H2,1-6H3/t29-/m0/s1. The second-order valence-electron chi connectivity index (χ2n) is 12.4. The Bertz CT molecular complexity index is 1490. The second-order valence-corrected chi connectivity index (χ2v) is 13.5. The van der Waals surface area contributed by atoms with Crippen LogP contribution in [0.3, 0.4) is 0 Å². The number of anilines is 1. The number of hydrogen-bond acceptors (Lipinski definition) is 4. The molecule has 3 aromatic rings. The maximum Gasteiger partial charge on any atom is 0.242 e. The van der Waals surface area contributed by atoms with Crippen molar-refractivity contribution in [2.45, 2.75) is 65.0 Å². The lowest BCUT2D eigenvalue weighted by atomic mass is 9.87. The van der Waals surface area contributed by atoms with Crippen LogP contribution in [0.15, 0.2) is 36.4 Å². The number of nitrogens with zero attached hydrogens (tertiary/aromatic N) is 4. The Labute approximate surface area is 245 Å². The molecule has 0 aliphatic carbocycles. The summed E-state index contributed by atoms with van der Waals surface area (Å²) in [6.45, 7) is 13.5. The van der Waals surface area contributed by atoms with Crippen molar-refractivity contribution in [3.8, 4) is 5.69 Å². The zero-order valence-corrected chi connectivity index (χ0v) is 25.4. The highest BCUT2D eigenvalue weighted by Crippen LogP contribution is 2.49. The summed E-state index contributed by atoms with van der Waals surface area (Å²) in [6, 6.07) is 9.58. The molecule has 1 atom stereocenters. The van der Waals surface area contributed by atoms with Gasteiger partial charge >= 0.3 is 0 Å². The summed E-state index contributed by atoms with van der Waals surface area (Å²) in [5, 5.41) is 4.47. The van der Waals surface area contributed by atoms with Crippen molar-refractivity contribution in [2.75, 3.05) is 30.3 Å². The average Bonchev–Trinajstić information content (AvgIpc) is 3.23. The molecule has 218 valence electrons. The average molecular weight is 581 g/mol. The molecular formula is C32H38F2N4O2S. The number of aryl methyl sites for hydroxylation is 2. The fraction of sp³-hybridized carbons (Fsp3) is 0.469. The predicted octanol–water partition coefficient (Wildman–Crippen LogP) is 6.49. The zero-order valence-electron chi connectivity index (χ0n) is 24.6. The number of benzene rings is 2. The highest BCUT2D eigenvalue weighted by atomic mass is 32.2. The molecule has 1 aromatic heterocycles. The molecule has 2 aromatic carbocycles. The van der Waals surface area contributed by atoms with E-state index in [9.17, 15) is 14.0 Å². The van der Waals surface area contributed by atoms with Crippen molar-refractivity contribution in [1.82, 2.24) is 14.7 Å². The third-order valence-electron chi connectivity index (χ3n) is 8.05. The molecular weight excluding hydrogens is 542 g/mol. The third kappa shape index (κ3) is 5.78. The fourth-order valence-corrected chi connectivity index (χ4v) is 6.96. The van der Waals surface area contributed by atoms with Gasteiger partial charge in [-0.2, -0.15) is 5.10 Å². The lowest BCUT2D eigenvalue weighted by molar-refractivity contribution is -0.132. The lowest BCUT2D eigenvalue weighted by Gasteiger charge is -2.32. The zero-order chi connectivity index (χ0) is 29.6. The molecule has 2 aliphatic heterocycles. The maximum atomic E-state index is 15.4. The van der Waals surface area contributed by atoms with E-state index in [1.54, 1.807) is 9.58 Å². The lowest BCUT2D eigenvalue weighted by Crippen LogP contribution is -2.46. The first-order valence-corrected chi connectivity index (χ1v) is 15.3. The van der Waals surface area contributed by atoms with E-state index >= 15 is 4.39 Å². The number of hydrogen-bond donors (Lipinski definition) is 0. The van der Waals surface area contributed by atoms with Crippen LogP contribution in [0, 0.1) is 31.4 Å². The molecule has 0 unspecified atom stereocenters. The van der Waals surface area contributed by atoms with Gasteiger partial charge in [-0.05, 0) is 50.3 Å². The van der Waals surface area contributed by atoms with E-state index < -0.39 is 22.3 Å². The molecule has 0 radical (unpaired) electrons. The first-order chi connectivity index (χ1) is 19.3. The summed E-state index contributed by atoms with van der Waals surface area (Å²) in [4.78, 5) is 30.9. The van der Waals surface area contributed by atoms with Crippen LogP contribution in [-0.2, 0) is 15.0 Å². The van der Waals surface area contributed by atoms with Crippen LogP contribution in [0.2, 0.25) is 0 Å². The van der Waals surface area contributed by atoms with Gasteiger partial charge < -0.3 is 4.90 Å². The Hall–Kier alpha value is -3.20. The number of piperidine rings is 1. The van der Waals surface area contributed by atoms with Gasteiger partial charge in [-0.15, -0.1) is 11.8 Å². The van der Waals surface area contributed by atoms with Crippen LogP contribution in [0.5, 0.6) is 0 Å². The van der Waals surface area contributed by atoms with Crippen LogP contribution >= 0.6 is 11.8 Å². The number of fused-ring (bicyclic) bond motifs is 1. The minimum atomic E-state index is -0.674. The van der Waals surface area contributed by atoms with Gasteiger partial charge in [0, 0.05) is 35.7 Å². The monoisotopic (exact) mass is 580 g/mol. The molecule has 5 rings (SSSR count).